The van der Waals surface area contributed by atoms with Gasteiger partial charge in [-0.25, -0.2) is 0 Å². The van der Waals surface area contributed by atoms with Crippen molar-refractivity contribution in [3.05, 3.63) is 47.0 Å². The molecule has 0 radical (unpaired) electrons. The quantitative estimate of drug-likeness (QED) is 0.659. The lowest BCUT2D eigenvalue weighted by atomic mass is 10.0. The molecule has 1 aliphatic heterocycles. The Morgan fingerprint density at radius 3 is 2.69 bits per heavy atom. The monoisotopic (exact) mass is 398 g/mol. The molecule has 0 amide bonds. The van der Waals surface area contributed by atoms with Gasteiger partial charge in [0.25, 0.3) is 0 Å². The van der Waals surface area contributed by atoms with E-state index in [0.29, 0.717) is 18.8 Å². The van der Waals surface area contributed by atoms with Crippen molar-refractivity contribution in [1.29, 1.82) is 0 Å². The fourth-order valence-electron chi connectivity index (χ4n) is 4.09. The molecule has 2 N–H and O–H groups in total. The number of aromatic nitrogens is 2. The van der Waals surface area contributed by atoms with E-state index in [-0.39, 0.29) is 0 Å². The van der Waals surface area contributed by atoms with Crippen molar-refractivity contribution in [2.75, 3.05) is 33.3 Å². The molecule has 1 fully saturated rings. The van der Waals surface area contributed by atoms with Crippen LogP contribution in [0.1, 0.15) is 28.6 Å². The highest BCUT2D eigenvalue weighted by Crippen LogP contribution is 2.32. The number of benzene rings is 1. The summed E-state index contributed by atoms with van der Waals surface area (Å²) in [6, 6.07) is 4.98. The van der Waals surface area contributed by atoms with Crippen LogP contribution in [0.5, 0.6) is 5.75 Å². The number of ether oxygens (including phenoxy) is 1. The Kier molecular flexibility index (Phi) is 5.29. The maximum absolute atomic E-state index is 12.2. The summed E-state index contributed by atoms with van der Waals surface area (Å²) in [7, 11) is 1.61. The number of fused-ring (bicyclic) bond motifs is 1. The predicted octanol–water partition coefficient (Wildman–Crippen LogP) is 2.72. The van der Waals surface area contributed by atoms with Crippen molar-refractivity contribution in [2.45, 2.75) is 26.4 Å². The highest BCUT2D eigenvalue weighted by Gasteiger charge is 2.32. The first-order valence-electron chi connectivity index (χ1n) is 9.74. The topological polar surface area (TPSA) is 94.8 Å². The SMILES string of the molecule is COc1ccc2[nH]cc([C@@H](C(=O)O)N3CCN(Cc4c(C)noc4C)CC3)c2c1. The summed E-state index contributed by atoms with van der Waals surface area (Å²) in [6.45, 7) is 7.59. The average molecular weight is 398 g/mol. The van der Waals surface area contributed by atoms with Gasteiger partial charge in [-0.1, -0.05) is 5.16 Å². The predicted molar refractivity (Wildman–Crippen MR) is 108 cm³/mol. The number of nitrogens with zero attached hydrogens (tertiary/aromatic N) is 3. The van der Waals surface area contributed by atoms with Gasteiger partial charge in [-0.15, -0.1) is 0 Å². The molecule has 1 aliphatic rings. The molecule has 0 aliphatic carbocycles. The van der Waals surface area contributed by atoms with Crippen molar-refractivity contribution in [3.63, 3.8) is 0 Å². The molecular weight excluding hydrogens is 372 g/mol. The fraction of sp³-hybridized carbons (Fsp3) is 0.429. The lowest BCUT2D eigenvalue weighted by molar-refractivity contribution is -0.144. The minimum absolute atomic E-state index is 0.678. The van der Waals surface area contributed by atoms with Gasteiger partial charge >= 0.3 is 5.97 Å². The average Bonchev–Trinajstić information content (AvgIpc) is 3.27. The van der Waals surface area contributed by atoms with Gasteiger partial charge in [0.2, 0.25) is 0 Å². The molecule has 8 nitrogen and oxygen atoms in total. The van der Waals surface area contributed by atoms with Gasteiger partial charge in [0.15, 0.2) is 0 Å². The van der Waals surface area contributed by atoms with Gasteiger partial charge in [0.05, 0.1) is 12.8 Å². The number of rotatable bonds is 6. The first-order valence-corrected chi connectivity index (χ1v) is 9.74. The van der Waals surface area contributed by atoms with Crippen molar-refractivity contribution >= 4 is 16.9 Å². The van der Waals surface area contributed by atoms with Crippen LogP contribution in [-0.2, 0) is 11.3 Å². The number of aromatic amines is 1. The molecule has 1 aromatic carbocycles. The number of carbonyl (C=O) groups is 1. The number of piperazine rings is 1. The molecule has 4 rings (SSSR count). The van der Waals surface area contributed by atoms with Crippen LogP contribution < -0.4 is 4.74 Å². The highest BCUT2D eigenvalue weighted by molar-refractivity contribution is 5.90. The van der Waals surface area contributed by atoms with E-state index in [1.54, 1.807) is 13.3 Å². The van der Waals surface area contributed by atoms with Crippen LogP contribution in [0.3, 0.4) is 0 Å². The molecule has 3 heterocycles. The zero-order valence-corrected chi connectivity index (χ0v) is 16.9. The van der Waals surface area contributed by atoms with Crippen LogP contribution in [0.2, 0.25) is 0 Å². The maximum atomic E-state index is 12.2. The molecule has 29 heavy (non-hydrogen) atoms. The third-order valence-corrected chi connectivity index (χ3v) is 5.78. The summed E-state index contributed by atoms with van der Waals surface area (Å²) in [5, 5.41) is 14.9. The Morgan fingerprint density at radius 1 is 1.31 bits per heavy atom. The molecule has 0 spiro atoms. The number of carboxylic acids is 1. The van der Waals surface area contributed by atoms with Crippen LogP contribution in [0, 0.1) is 13.8 Å². The smallest absolute Gasteiger partial charge is 0.325 e. The minimum Gasteiger partial charge on any atom is -0.497 e. The zero-order chi connectivity index (χ0) is 20.5. The van der Waals surface area contributed by atoms with Crippen molar-refractivity contribution in [1.82, 2.24) is 19.9 Å². The standard InChI is InChI=1S/C21H26N4O4/c1-13-18(14(2)29-23-13)12-24-6-8-25(9-7-24)20(21(26)27)17-11-22-19-5-4-15(28-3)10-16(17)19/h4-5,10-11,20,22H,6-9,12H2,1-3H3,(H,26,27)/t20-/m0/s1. The first kappa shape index (κ1) is 19.5. The third kappa shape index (κ3) is 3.73. The van der Waals surface area contributed by atoms with Crippen LogP contribution >= 0.6 is 0 Å². The molecule has 154 valence electrons. The van der Waals surface area contributed by atoms with Gasteiger partial charge in [-0.05, 0) is 32.0 Å². The normalized spacial score (nSPS) is 16.9. The van der Waals surface area contributed by atoms with E-state index >= 15 is 0 Å². The highest BCUT2D eigenvalue weighted by atomic mass is 16.5. The second-order valence-corrected chi connectivity index (χ2v) is 7.51. The molecule has 0 bridgehead atoms. The Hall–Kier alpha value is -2.84. The van der Waals surface area contributed by atoms with E-state index in [0.717, 1.165) is 53.1 Å². The number of aryl methyl sites for hydroxylation is 2. The summed E-state index contributed by atoms with van der Waals surface area (Å²) in [6.07, 6.45) is 1.80. The largest absolute Gasteiger partial charge is 0.497 e. The number of hydrogen-bond donors (Lipinski definition) is 2. The summed E-state index contributed by atoms with van der Waals surface area (Å²) in [5.74, 6) is 0.723. The van der Waals surface area contributed by atoms with Crippen LogP contribution in [0.15, 0.2) is 28.9 Å². The van der Waals surface area contributed by atoms with Gasteiger partial charge in [0, 0.05) is 61.0 Å². The number of hydrogen-bond acceptors (Lipinski definition) is 6. The summed E-state index contributed by atoms with van der Waals surface area (Å²) >= 11 is 0. The Morgan fingerprint density at radius 2 is 2.07 bits per heavy atom. The summed E-state index contributed by atoms with van der Waals surface area (Å²) in [5.41, 5.74) is 3.72. The zero-order valence-electron chi connectivity index (χ0n) is 16.9. The fourth-order valence-corrected chi connectivity index (χ4v) is 4.09. The summed E-state index contributed by atoms with van der Waals surface area (Å²) in [4.78, 5) is 19.7. The molecule has 0 unspecified atom stereocenters. The second-order valence-electron chi connectivity index (χ2n) is 7.51. The Bertz CT molecular complexity index is 998. The Balaban J connectivity index is 1.52. The van der Waals surface area contributed by atoms with Crippen LogP contribution in [-0.4, -0.2) is 64.3 Å². The van der Waals surface area contributed by atoms with Gasteiger partial charge < -0.3 is 19.4 Å². The van der Waals surface area contributed by atoms with Crippen LogP contribution in [0.4, 0.5) is 0 Å². The minimum atomic E-state index is -0.840. The molecule has 3 aromatic rings. The number of methoxy groups -OCH3 is 1. The van der Waals surface area contributed by atoms with E-state index in [2.05, 4.69) is 15.0 Å². The van der Waals surface area contributed by atoms with E-state index in [1.165, 1.54) is 0 Å². The molecular formula is C21H26N4O4. The van der Waals surface area contributed by atoms with E-state index < -0.39 is 12.0 Å². The van der Waals surface area contributed by atoms with Crippen LogP contribution in [0.25, 0.3) is 10.9 Å². The number of aliphatic carboxylic acids is 1. The van der Waals surface area contributed by atoms with Gasteiger partial charge in [0.1, 0.15) is 17.6 Å². The lowest BCUT2D eigenvalue weighted by Gasteiger charge is -2.37. The van der Waals surface area contributed by atoms with Crippen molar-refractivity contribution in [2.24, 2.45) is 0 Å². The number of H-pyrrole nitrogens is 1. The van der Waals surface area contributed by atoms with Gasteiger partial charge in [-0.3, -0.25) is 14.6 Å². The second kappa shape index (κ2) is 7.88. The Labute approximate surface area is 169 Å². The maximum Gasteiger partial charge on any atom is 0.325 e. The molecule has 8 heteroatoms. The lowest BCUT2D eigenvalue weighted by Crippen LogP contribution is -2.48. The molecule has 1 atom stereocenters. The van der Waals surface area contributed by atoms with Crippen molar-refractivity contribution < 1.29 is 19.2 Å². The number of nitrogens with one attached hydrogen (secondary N) is 1. The van der Waals surface area contributed by atoms with E-state index in [4.69, 9.17) is 9.26 Å². The van der Waals surface area contributed by atoms with Gasteiger partial charge in [-0.2, -0.15) is 0 Å². The molecule has 0 saturated carbocycles. The molecule has 2 aromatic heterocycles. The summed E-state index contributed by atoms with van der Waals surface area (Å²) < 4.78 is 10.6. The van der Waals surface area contributed by atoms with E-state index in [1.807, 2.05) is 36.9 Å². The third-order valence-electron chi connectivity index (χ3n) is 5.78. The first-order chi connectivity index (χ1) is 14.0. The van der Waals surface area contributed by atoms with Crippen molar-refractivity contribution in [3.8, 4) is 5.75 Å². The van der Waals surface area contributed by atoms with E-state index in [9.17, 15) is 9.90 Å². The molecule has 1 saturated heterocycles. The number of carboxylic acid groups (broad SMARTS) is 1.